The van der Waals surface area contributed by atoms with Crippen LogP contribution in [0.15, 0.2) is 0 Å². The third-order valence-corrected chi connectivity index (χ3v) is 3.77. The zero-order chi connectivity index (χ0) is 12.2. The first-order valence-electron chi connectivity index (χ1n) is 5.75. The molecule has 1 saturated heterocycles. The molecule has 2 N–H and O–H groups in total. The molecule has 2 fully saturated rings. The Kier molecular flexibility index (Phi) is 2.12. The van der Waals surface area contributed by atoms with Crippen LogP contribution in [0.25, 0.3) is 0 Å². The van der Waals surface area contributed by atoms with E-state index in [0.29, 0.717) is 29.4 Å². The summed E-state index contributed by atoms with van der Waals surface area (Å²) in [6.45, 7) is 3.68. The summed E-state index contributed by atoms with van der Waals surface area (Å²) in [7, 11) is 1.73. The van der Waals surface area contributed by atoms with Gasteiger partial charge in [-0.15, -0.1) is 0 Å². The average molecular weight is 237 g/mol. The van der Waals surface area contributed by atoms with E-state index in [1.807, 2.05) is 0 Å². The van der Waals surface area contributed by atoms with Gasteiger partial charge in [-0.2, -0.15) is 5.10 Å². The van der Waals surface area contributed by atoms with Crippen molar-refractivity contribution in [2.75, 3.05) is 18.4 Å². The van der Waals surface area contributed by atoms with Gasteiger partial charge in [0.25, 0.3) is 0 Å². The molecule has 17 heavy (non-hydrogen) atoms. The van der Waals surface area contributed by atoms with E-state index in [-0.39, 0.29) is 10.6 Å². The van der Waals surface area contributed by atoms with Crippen molar-refractivity contribution >= 4 is 11.5 Å². The first-order chi connectivity index (χ1) is 8.09. The van der Waals surface area contributed by atoms with E-state index in [1.165, 1.54) is 0 Å². The molecule has 92 valence electrons. The molecule has 2 unspecified atom stereocenters. The monoisotopic (exact) mass is 237 g/mol. The second kappa shape index (κ2) is 3.43. The van der Waals surface area contributed by atoms with Gasteiger partial charge >= 0.3 is 5.69 Å². The topological polar surface area (TPSA) is 85.0 Å². The lowest BCUT2D eigenvalue weighted by molar-refractivity contribution is -0.384. The molecule has 2 heterocycles. The minimum Gasteiger partial charge on any atom is -0.361 e. The van der Waals surface area contributed by atoms with Crippen LogP contribution in [0.3, 0.4) is 0 Å². The molecule has 1 aliphatic carbocycles. The third-order valence-electron chi connectivity index (χ3n) is 3.77. The molecule has 3 rings (SSSR count). The van der Waals surface area contributed by atoms with Crippen LogP contribution < -0.4 is 10.6 Å². The van der Waals surface area contributed by atoms with Crippen molar-refractivity contribution in [2.45, 2.75) is 13.0 Å². The number of fused-ring (bicyclic) bond motifs is 1. The second-order valence-electron chi connectivity index (χ2n) is 4.82. The maximum absolute atomic E-state index is 11.0. The number of aromatic nitrogens is 2. The molecule has 2 aliphatic rings. The number of rotatable bonds is 3. The molecule has 0 radical (unpaired) electrons. The number of nitrogens with one attached hydrogen (secondary N) is 2. The lowest BCUT2D eigenvalue weighted by Crippen LogP contribution is -2.22. The van der Waals surface area contributed by atoms with Gasteiger partial charge in [0.2, 0.25) is 5.82 Å². The largest absolute Gasteiger partial charge is 0.361 e. The Morgan fingerprint density at radius 3 is 2.76 bits per heavy atom. The van der Waals surface area contributed by atoms with Gasteiger partial charge in [0, 0.05) is 26.2 Å². The molecule has 0 spiro atoms. The maximum Gasteiger partial charge on any atom is 0.333 e. The van der Waals surface area contributed by atoms with Crippen molar-refractivity contribution in [3.8, 4) is 0 Å². The predicted octanol–water partition coefficient (Wildman–Crippen LogP) is 0.266. The molecule has 1 aromatic heterocycles. The van der Waals surface area contributed by atoms with Gasteiger partial charge in [0.05, 0.1) is 4.92 Å². The Bertz CT molecular complexity index is 473. The molecule has 7 nitrogen and oxygen atoms in total. The number of aryl methyl sites for hydroxylation is 2. The Balaban J connectivity index is 1.85. The number of anilines is 1. The van der Waals surface area contributed by atoms with E-state index < -0.39 is 0 Å². The summed E-state index contributed by atoms with van der Waals surface area (Å²) in [5, 5.41) is 21.7. The van der Waals surface area contributed by atoms with Crippen molar-refractivity contribution in [1.29, 1.82) is 0 Å². The molecular weight excluding hydrogens is 222 g/mol. The van der Waals surface area contributed by atoms with Crippen LogP contribution in [0, 0.1) is 28.9 Å². The lowest BCUT2D eigenvalue weighted by atomic mass is 10.3. The van der Waals surface area contributed by atoms with Crippen molar-refractivity contribution in [3.05, 3.63) is 15.8 Å². The third kappa shape index (κ3) is 1.49. The molecule has 0 amide bonds. The first kappa shape index (κ1) is 10.5. The van der Waals surface area contributed by atoms with Gasteiger partial charge in [0.1, 0.15) is 5.69 Å². The van der Waals surface area contributed by atoms with E-state index in [1.54, 1.807) is 18.7 Å². The highest BCUT2D eigenvalue weighted by Crippen LogP contribution is 2.45. The summed E-state index contributed by atoms with van der Waals surface area (Å²) in [4.78, 5) is 10.6. The highest BCUT2D eigenvalue weighted by Gasteiger charge is 2.53. The molecule has 0 aromatic carbocycles. The van der Waals surface area contributed by atoms with Gasteiger partial charge in [-0.1, -0.05) is 0 Å². The van der Waals surface area contributed by atoms with Crippen LogP contribution in [-0.2, 0) is 7.05 Å². The highest BCUT2D eigenvalue weighted by molar-refractivity contribution is 5.60. The molecular formula is C10H15N5O2. The number of hydrogen-bond donors (Lipinski definition) is 2. The minimum absolute atomic E-state index is 0.102. The average Bonchev–Trinajstić information content (AvgIpc) is 2.60. The van der Waals surface area contributed by atoms with Crippen LogP contribution in [0.1, 0.15) is 5.69 Å². The fraction of sp³-hybridized carbons (Fsp3) is 0.700. The normalized spacial score (nSPS) is 30.1. The van der Waals surface area contributed by atoms with Crippen LogP contribution in [-0.4, -0.2) is 33.8 Å². The SMILES string of the molecule is Cc1nn(C)c(NC2C3CNCC32)c1[N+](=O)[O-]. The van der Waals surface area contributed by atoms with Crippen molar-refractivity contribution < 1.29 is 4.92 Å². The number of nitro groups is 1. The fourth-order valence-electron chi connectivity index (χ4n) is 2.82. The fourth-order valence-corrected chi connectivity index (χ4v) is 2.82. The van der Waals surface area contributed by atoms with Crippen LogP contribution in [0.2, 0.25) is 0 Å². The molecule has 1 saturated carbocycles. The van der Waals surface area contributed by atoms with Crippen LogP contribution in [0.4, 0.5) is 11.5 Å². The van der Waals surface area contributed by atoms with E-state index in [0.717, 1.165) is 13.1 Å². The molecule has 0 bridgehead atoms. The van der Waals surface area contributed by atoms with E-state index >= 15 is 0 Å². The molecule has 1 aromatic rings. The minimum atomic E-state index is -0.360. The maximum atomic E-state index is 11.0. The Hall–Kier alpha value is -1.63. The van der Waals surface area contributed by atoms with E-state index in [2.05, 4.69) is 15.7 Å². The standard InChI is InChI=1S/C10H15N5O2/c1-5-9(15(16)17)10(14(2)13-5)12-8-6-3-11-4-7(6)8/h6-8,11-12H,3-4H2,1-2H3. The zero-order valence-electron chi connectivity index (χ0n) is 9.80. The Morgan fingerprint density at radius 1 is 1.53 bits per heavy atom. The van der Waals surface area contributed by atoms with Gasteiger partial charge in [0.15, 0.2) is 0 Å². The van der Waals surface area contributed by atoms with Crippen LogP contribution >= 0.6 is 0 Å². The van der Waals surface area contributed by atoms with Gasteiger partial charge < -0.3 is 10.6 Å². The quantitative estimate of drug-likeness (QED) is 0.582. The van der Waals surface area contributed by atoms with Gasteiger partial charge in [-0.3, -0.25) is 10.1 Å². The van der Waals surface area contributed by atoms with E-state index in [4.69, 9.17) is 0 Å². The Labute approximate surface area is 98.3 Å². The van der Waals surface area contributed by atoms with Crippen LogP contribution in [0.5, 0.6) is 0 Å². The van der Waals surface area contributed by atoms with Crippen molar-refractivity contribution in [1.82, 2.24) is 15.1 Å². The van der Waals surface area contributed by atoms with Gasteiger partial charge in [-0.25, -0.2) is 4.68 Å². The number of piperidine rings is 1. The van der Waals surface area contributed by atoms with Crippen molar-refractivity contribution in [3.63, 3.8) is 0 Å². The summed E-state index contributed by atoms with van der Waals surface area (Å²) in [6.07, 6.45) is 0. The Morgan fingerprint density at radius 2 is 2.18 bits per heavy atom. The summed E-state index contributed by atoms with van der Waals surface area (Å²) < 4.78 is 1.56. The highest BCUT2D eigenvalue weighted by atomic mass is 16.6. The molecule has 1 aliphatic heterocycles. The summed E-state index contributed by atoms with van der Waals surface area (Å²) in [5.41, 5.74) is 0.564. The lowest BCUT2D eigenvalue weighted by Gasteiger charge is -2.08. The smallest absolute Gasteiger partial charge is 0.333 e. The van der Waals surface area contributed by atoms with Gasteiger partial charge in [-0.05, 0) is 18.8 Å². The summed E-state index contributed by atoms with van der Waals surface area (Å²) in [6, 6.07) is 0.366. The summed E-state index contributed by atoms with van der Waals surface area (Å²) in [5.74, 6) is 1.77. The molecule has 7 heteroatoms. The zero-order valence-corrected chi connectivity index (χ0v) is 9.80. The first-order valence-corrected chi connectivity index (χ1v) is 5.75. The second-order valence-corrected chi connectivity index (χ2v) is 4.82. The number of hydrogen-bond acceptors (Lipinski definition) is 5. The number of nitrogens with zero attached hydrogens (tertiary/aromatic N) is 3. The summed E-state index contributed by atoms with van der Waals surface area (Å²) >= 11 is 0. The van der Waals surface area contributed by atoms with Crippen molar-refractivity contribution in [2.24, 2.45) is 18.9 Å². The predicted molar refractivity (Wildman–Crippen MR) is 61.9 cm³/mol. The van der Waals surface area contributed by atoms with E-state index in [9.17, 15) is 10.1 Å². The molecule has 2 atom stereocenters.